The first-order valence-corrected chi connectivity index (χ1v) is 4.76. The van der Waals surface area contributed by atoms with Gasteiger partial charge in [0, 0.05) is 11.1 Å². The van der Waals surface area contributed by atoms with Crippen LogP contribution in [0.2, 0.25) is 0 Å². The van der Waals surface area contributed by atoms with Crippen molar-refractivity contribution in [3.8, 4) is 5.75 Å². The molecule has 0 bridgehead atoms. The van der Waals surface area contributed by atoms with Crippen LogP contribution in [0.5, 0.6) is 5.75 Å². The quantitative estimate of drug-likeness (QED) is 0.431. The molecule has 1 aliphatic rings. The first-order valence-electron chi connectivity index (χ1n) is 4.76. The van der Waals surface area contributed by atoms with Gasteiger partial charge in [-0.15, -0.1) is 0 Å². The molecule has 16 heavy (non-hydrogen) atoms. The predicted molar refractivity (Wildman–Crippen MR) is 55.7 cm³/mol. The molecule has 0 N–H and O–H groups in total. The van der Waals surface area contributed by atoms with Gasteiger partial charge in [0.15, 0.2) is 0 Å². The number of carbonyl (C=O) groups excluding carboxylic acids is 2. The van der Waals surface area contributed by atoms with Crippen LogP contribution in [0.4, 0.5) is 0 Å². The first kappa shape index (κ1) is 10.4. The van der Waals surface area contributed by atoms with Crippen LogP contribution >= 0.6 is 0 Å². The number of hydrogen-bond donors (Lipinski definition) is 0. The Kier molecular flexibility index (Phi) is 2.48. The molecule has 82 valence electrons. The van der Waals surface area contributed by atoms with E-state index in [-0.39, 0.29) is 5.57 Å². The zero-order chi connectivity index (χ0) is 11.7. The van der Waals surface area contributed by atoms with Gasteiger partial charge in [-0.05, 0) is 13.0 Å². The van der Waals surface area contributed by atoms with Crippen molar-refractivity contribution in [2.75, 3.05) is 0 Å². The minimum Gasteiger partial charge on any atom is -0.442 e. The normalized spacial score (nSPS) is 17.6. The lowest BCUT2D eigenvalue weighted by Crippen LogP contribution is -2.18. The minimum absolute atomic E-state index is 0.247. The van der Waals surface area contributed by atoms with Crippen molar-refractivity contribution >= 4 is 11.9 Å². The summed E-state index contributed by atoms with van der Waals surface area (Å²) in [4.78, 5) is 22.8. The van der Waals surface area contributed by atoms with Crippen LogP contribution in [-0.2, 0) is 14.3 Å². The topological polar surface area (TPSA) is 52.6 Å². The molecule has 1 unspecified atom stereocenters. The van der Waals surface area contributed by atoms with Crippen LogP contribution in [0.3, 0.4) is 0 Å². The van der Waals surface area contributed by atoms with Crippen molar-refractivity contribution in [3.63, 3.8) is 0 Å². The molecule has 0 saturated heterocycles. The van der Waals surface area contributed by atoms with E-state index in [4.69, 9.17) is 9.47 Å². The fourth-order valence-electron chi connectivity index (χ4n) is 1.40. The summed E-state index contributed by atoms with van der Waals surface area (Å²) in [6.45, 7) is 4.97. The molecule has 0 spiro atoms. The number of carbonyl (C=O) groups is 2. The zero-order valence-electron chi connectivity index (χ0n) is 8.73. The third kappa shape index (κ3) is 1.69. The Balaban J connectivity index is 2.26. The largest absolute Gasteiger partial charge is 0.442 e. The SMILES string of the molecule is C=C(C)C(=O)OC1C(=O)Oc2ccccc21. The lowest BCUT2D eigenvalue weighted by atomic mass is 10.1. The predicted octanol–water partition coefficient (Wildman–Crippen LogP) is 1.77. The Hall–Kier alpha value is -2.10. The summed E-state index contributed by atoms with van der Waals surface area (Å²) >= 11 is 0. The lowest BCUT2D eigenvalue weighted by Gasteiger charge is -2.08. The van der Waals surface area contributed by atoms with Gasteiger partial charge >= 0.3 is 11.9 Å². The molecule has 1 aliphatic heterocycles. The molecule has 4 heteroatoms. The Morgan fingerprint density at radius 3 is 2.81 bits per heavy atom. The molecular formula is C12H10O4. The van der Waals surface area contributed by atoms with E-state index in [2.05, 4.69) is 6.58 Å². The molecule has 0 aromatic heterocycles. The number of fused-ring (bicyclic) bond motifs is 1. The number of para-hydroxylation sites is 1. The average Bonchev–Trinajstić information content (AvgIpc) is 2.55. The third-order valence-corrected chi connectivity index (χ3v) is 2.20. The van der Waals surface area contributed by atoms with Gasteiger partial charge in [-0.1, -0.05) is 24.8 Å². The van der Waals surface area contributed by atoms with Gasteiger partial charge < -0.3 is 9.47 Å². The van der Waals surface area contributed by atoms with Gasteiger partial charge in [0.25, 0.3) is 0 Å². The summed E-state index contributed by atoms with van der Waals surface area (Å²) in [6, 6.07) is 6.84. The van der Waals surface area contributed by atoms with E-state index in [1.165, 1.54) is 6.92 Å². The standard InChI is InChI=1S/C12H10O4/c1-7(2)11(13)16-10-8-5-3-4-6-9(8)15-12(10)14/h3-6,10H,1H2,2H3. The fraction of sp³-hybridized carbons (Fsp3) is 0.167. The lowest BCUT2D eigenvalue weighted by molar-refractivity contribution is -0.157. The molecule has 0 radical (unpaired) electrons. The summed E-state index contributed by atoms with van der Waals surface area (Å²) in [6.07, 6.45) is -0.972. The Morgan fingerprint density at radius 2 is 2.12 bits per heavy atom. The van der Waals surface area contributed by atoms with Gasteiger partial charge in [-0.25, -0.2) is 9.59 Å². The molecule has 1 aromatic carbocycles. The molecule has 2 rings (SSSR count). The highest BCUT2D eigenvalue weighted by Gasteiger charge is 2.36. The fourth-order valence-corrected chi connectivity index (χ4v) is 1.40. The maximum atomic E-state index is 11.5. The highest BCUT2D eigenvalue weighted by atomic mass is 16.6. The zero-order valence-corrected chi connectivity index (χ0v) is 8.73. The number of hydrogen-bond acceptors (Lipinski definition) is 4. The highest BCUT2D eigenvalue weighted by Crippen LogP contribution is 2.35. The van der Waals surface area contributed by atoms with Crippen LogP contribution in [-0.4, -0.2) is 11.9 Å². The maximum Gasteiger partial charge on any atom is 0.357 e. The van der Waals surface area contributed by atoms with Crippen LogP contribution in [0.1, 0.15) is 18.6 Å². The second kappa shape index (κ2) is 3.81. The van der Waals surface area contributed by atoms with E-state index in [1.54, 1.807) is 24.3 Å². The molecule has 0 aliphatic carbocycles. The number of rotatable bonds is 2. The third-order valence-electron chi connectivity index (χ3n) is 2.20. The van der Waals surface area contributed by atoms with Crippen molar-refractivity contribution in [3.05, 3.63) is 42.0 Å². The van der Waals surface area contributed by atoms with Crippen LogP contribution in [0, 0.1) is 0 Å². The molecule has 1 aromatic rings. The molecule has 1 atom stereocenters. The molecule has 1 heterocycles. The Bertz CT molecular complexity index is 476. The van der Waals surface area contributed by atoms with E-state index in [1.807, 2.05) is 0 Å². The summed E-state index contributed by atoms with van der Waals surface area (Å²) in [5.74, 6) is -0.735. The maximum absolute atomic E-state index is 11.5. The smallest absolute Gasteiger partial charge is 0.357 e. The monoisotopic (exact) mass is 218 g/mol. The minimum atomic E-state index is -0.972. The average molecular weight is 218 g/mol. The summed E-state index contributed by atoms with van der Waals surface area (Å²) in [7, 11) is 0. The summed E-state index contributed by atoms with van der Waals surface area (Å²) < 4.78 is 9.95. The van der Waals surface area contributed by atoms with Crippen molar-refractivity contribution in [2.45, 2.75) is 13.0 Å². The molecular weight excluding hydrogens is 208 g/mol. The molecule has 4 nitrogen and oxygen atoms in total. The second-order valence-electron chi connectivity index (χ2n) is 3.52. The van der Waals surface area contributed by atoms with E-state index in [9.17, 15) is 9.59 Å². The van der Waals surface area contributed by atoms with Gasteiger partial charge in [0.1, 0.15) is 5.75 Å². The van der Waals surface area contributed by atoms with Gasteiger partial charge in [0.05, 0.1) is 0 Å². The molecule has 0 amide bonds. The van der Waals surface area contributed by atoms with E-state index >= 15 is 0 Å². The summed E-state index contributed by atoms with van der Waals surface area (Å²) in [5, 5.41) is 0. The van der Waals surface area contributed by atoms with Gasteiger partial charge in [-0.3, -0.25) is 0 Å². The van der Waals surface area contributed by atoms with E-state index < -0.39 is 18.0 Å². The van der Waals surface area contributed by atoms with E-state index in [0.29, 0.717) is 11.3 Å². The second-order valence-corrected chi connectivity index (χ2v) is 3.52. The number of ether oxygens (including phenoxy) is 2. The van der Waals surface area contributed by atoms with Crippen molar-refractivity contribution in [1.29, 1.82) is 0 Å². The first-order chi connectivity index (χ1) is 7.59. The van der Waals surface area contributed by atoms with E-state index in [0.717, 1.165) is 0 Å². The highest BCUT2D eigenvalue weighted by molar-refractivity contribution is 5.92. The molecule has 0 saturated carbocycles. The van der Waals surface area contributed by atoms with Crippen LogP contribution in [0.25, 0.3) is 0 Å². The molecule has 0 fully saturated rings. The number of benzene rings is 1. The van der Waals surface area contributed by atoms with Gasteiger partial charge in [0.2, 0.25) is 6.10 Å². The van der Waals surface area contributed by atoms with Crippen molar-refractivity contribution in [2.24, 2.45) is 0 Å². The number of esters is 2. The Morgan fingerprint density at radius 1 is 1.44 bits per heavy atom. The Labute approximate surface area is 92.5 Å². The van der Waals surface area contributed by atoms with Crippen molar-refractivity contribution in [1.82, 2.24) is 0 Å². The summed E-state index contributed by atoms with van der Waals surface area (Å²) in [5.41, 5.74) is 0.819. The van der Waals surface area contributed by atoms with Crippen molar-refractivity contribution < 1.29 is 19.1 Å². The van der Waals surface area contributed by atoms with Crippen LogP contribution in [0.15, 0.2) is 36.4 Å². The van der Waals surface area contributed by atoms with Crippen LogP contribution < -0.4 is 4.74 Å². The van der Waals surface area contributed by atoms with Gasteiger partial charge in [-0.2, -0.15) is 0 Å².